The van der Waals surface area contributed by atoms with E-state index in [0.29, 0.717) is 12.2 Å². The number of rotatable bonds is 4. The maximum atomic E-state index is 12.3. The van der Waals surface area contributed by atoms with Crippen molar-refractivity contribution in [2.24, 2.45) is 11.8 Å². The van der Waals surface area contributed by atoms with Gasteiger partial charge in [0, 0.05) is 29.2 Å². The zero-order valence-electron chi connectivity index (χ0n) is 10.9. The first kappa shape index (κ1) is 13.7. The molecule has 1 aromatic rings. The molecule has 1 fully saturated rings. The Morgan fingerprint density at radius 2 is 2.28 bits per heavy atom. The standard InChI is InChI=1S/C15H20BrNO/c1-2-11-4-3-5-13(6-11)15(18)8-12-7-14(16)10-17-9-12/h7,9-11,13H,2-6,8H2,1H3. The van der Waals surface area contributed by atoms with Crippen molar-refractivity contribution in [3.05, 3.63) is 28.5 Å². The smallest absolute Gasteiger partial charge is 0.140 e. The highest BCUT2D eigenvalue weighted by Crippen LogP contribution is 2.32. The molecular weight excluding hydrogens is 290 g/mol. The second kappa shape index (κ2) is 6.46. The third-order valence-electron chi connectivity index (χ3n) is 3.96. The first-order valence-electron chi connectivity index (χ1n) is 6.81. The summed E-state index contributed by atoms with van der Waals surface area (Å²) in [5.74, 6) is 1.43. The highest BCUT2D eigenvalue weighted by atomic mass is 79.9. The fourth-order valence-electron chi connectivity index (χ4n) is 2.85. The van der Waals surface area contributed by atoms with E-state index in [9.17, 15) is 4.79 Å². The molecule has 0 radical (unpaired) electrons. The van der Waals surface area contributed by atoms with E-state index in [1.165, 1.54) is 19.3 Å². The number of carbonyl (C=O) groups is 1. The number of nitrogens with zero attached hydrogens (tertiary/aromatic N) is 1. The van der Waals surface area contributed by atoms with Gasteiger partial charge >= 0.3 is 0 Å². The lowest BCUT2D eigenvalue weighted by molar-refractivity contribution is -0.123. The summed E-state index contributed by atoms with van der Waals surface area (Å²) in [6.45, 7) is 2.23. The lowest BCUT2D eigenvalue weighted by atomic mass is 9.77. The molecule has 98 valence electrons. The Labute approximate surface area is 117 Å². The van der Waals surface area contributed by atoms with Gasteiger partial charge in [-0.05, 0) is 46.3 Å². The number of hydrogen-bond acceptors (Lipinski definition) is 2. The molecule has 18 heavy (non-hydrogen) atoms. The Morgan fingerprint density at radius 3 is 3.00 bits per heavy atom. The van der Waals surface area contributed by atoms with Gasteiger partial charge in [-0.25, -0.2) is 0 Å². The Kier molecular flexibility index (Phi) is 4.93. The van der Waals surface area contributed by atoms with Crippen LogP contribution in [0.25, 0.3) is 0 Å². The van der Waals surface area contributed by atoms with Crippen LogP contribution in [0.5, 0.6) is 0 Å². The van der Waals surface area contributed by atoms with Gasteiger partial charge in [0.2, 0.25) is 0 Å². The van der Waals surface area contributed by atoms with Gasteiger partial charge in [0.25, 0.3) is 0 Å². The second-order valence-electron chi connectivity index (χ2n) is 5.29. The summed E-state index contributed by atoms with van der Waals surface area (Å²) >= 11 is 3.40. The van der Waals surface area contributed by atoms with Crippen LogP contribution in [0.4, 0.5) is 0 Å². The normalized spacial score (nSPS) is 23.9. The van der Waals surface area contributed by atoms with E-state index in [4.69, 9.17) is 0 Å². The van der Waals surface area contributed by atoms with Crippen LogP contribution < -0.4 is 0 Å². The fraction of sp³-hybridized carbons (Fsp3) is 0.600. The zero-order valence-corrected chi connectivity index (χ0v) is 12.4. The van der Waals surface area contributed by atoms with Gasteiger partial charge in [-0.2, -0.15) is 0 Å². The predicted octanol–water partition coefficient (Wildman–Crippen LogP) is 4.17. The van der Waals surface area contributed by atoms with Crippen LogP contribution in [0.3, 0.4) is 0 Å². The summed E-state index contributed by atoms with van der Waals surface area (Å²) in [7, 11) is 0. The van der Waals surface area contributed by atoms with E-state index in [0.717, 1.165) is 28.8 Å². The highest BCUT2D eigenvalue weighted by Gasteiger charge is 2.26. The van der Waals surface area contributed by atoms with Crippen molar-refractivity contribution >= 4 is 21.7 Å². The number of hydrogen-bond donors (Lipinski definition) is 0. The molecule has 2 nitrogen and oxygen atoms in total. The van der Waals surface area contributed by atoms with Gasteiger partial charge in [-0.1, -0.05) is 26.2 Å². The maximum Gasteiger partial charge on any atom is 0.140 e. The average Bonchev–Trinajstić information content (AvgIpc) is 2.39. The minimum absolute atomic E-state index is 0.280. The highest BCUT2D eigenvalue weighted by molar-refractivity contribution is 9.10. The number of Topliss-reactive ketones (excluding diaryl/α,β-unsaturated/α-hetero) is 1. The molecule has 1 aliphatic carbocycles. The van der Waals surface area contributed by atoms with Crippen LogP contribution in [0.15, 0.2) is 22.9 Å². The second-order valence-corrected chi connectivity index (χ2v) is 6.21. The molecule has 2 rings (SSSR count). The molecule has 1 saturated carbocycles. The third-order valence-corrected chi connectivity index (χ3v) is 4.39. The van der Waals surface area contributed by atoms with E-state index < -0.39 is 0 Å². The summed E-state index contributed by atoms with van der Waals surface area (Å²) in [6, 6.07) is 1.99. The molecule has 2 unspecified atom stereocenters. The van der Waals surface area contributed by atoms with Gasteiger partial charge in [0.15, 0.2) is 0 Å². The number of halogens is 1. The molecule has 0 N–H and O–H groups in total. The lowest BCUT2D eigenvalue weighted by Crippen LogP contribution is -2.24. The van der Waals surface area contributed by atoms with Crippen LogP contribution in [0, 0.1) is 11.8 Å². The molecule has 0 aromatic carbocycles. The third kappa shape index (κ3) is 3.64. The number of ketones is 1. The van der Waals surface area contributed by atoms with Crippen LogP contribution in [-0.2, 0) is 11.2 Å². The first-order chi connectivity index (χ1) is 8.69. The van der Waals surface area contributed by atoms with Crippen LogP contribution in [0.1, 0.15) is 44.6 Å². The molecule has 3 heteroatoms. The van der Waals surface area contributed by atoms with E-state index in [2.05, 4.69) is 27.8 Å². The van der Waals surface area contributed by atoms with Crippen LogP contribution in [0.2, 0.25) is 0 Å². The average molecular weight is 310 g/mol. The Morgan fingerprint density at radius 1 is 1.44 bits per heavy atom. The number of pyridine rings is 1. The topological polar surface area (TPSA) is 30.0 Å². The molecular formula is C15H20BrNO. The predicted molar refractivity (Wildman–Crippen MR) is 76.4 cm³/mol. The molecule has 0 spiro atoms. The summed E-state index contributed by atoms with van der Waals surface area (Å²) in [6.07, 6.45) is 9.98. The van der Waals surface area contributed by atoms with E-state index >= 15 is 0 Å². The molecule has 2 atom stereocenters. The van der Waals surface area contributed by atoms with Gasteiger partial charge in [-0.15, -0.1) is 0 Å². The molecule has 0 bridgehead atoms. The number of carbonyl (C=O) groups excluding carboxylic acids is 1. The minimum atomic E-state index is 0.280. The van der Waals surface area contributed by atoms with Crippen molar-refractivity contribution in [3.8, 4) is 0 Å². The van der Waals surface area contributed by atoms with E-state index in [-0.39, 0.29) is 5.92 Å². The summed E-state index contributed by atoms with van der Waals surface area (Å²) < 4.78 is 0.947. The zero-order chi connectivity index (χ0) is 13.0. The molecule has 0 saturated heterocycles. The van der Waals surface area contributed by atoms with Crippen molar-refractivity contribution < 1.29 is 4.79 Å². The minimum Gasteiger partial charge on any atom is -0.299 e. The fourth-order valence-corrected chi connectivity index (χ4v) is 3.26. The number of aromatic nitrogens is 1. The van der Waals surface area contributed by atoms with Crippen molar-refractivity contribution in [1.29, 1.82) is 0 Å². The Bertz CT molecular complexity index is 419. The monoisotopic (exact) mass is 309 g/mol. The molecule has 1 heterocycles. The van der Waals surface area contributed by atoms with Gasteiger partial charge in [0.05, 0.1) is 0 Å². The van der Waals surface area contributed by atoms with Crippen molar-refractivity contribution in [1.82, 2.24) is 4.98 Å². The SMILES string of the molecule is CCC1CCCC(C(=O)Cc2cncc(Br)c2)C1. The summed E-state index contributed by atoms with van der Waals surface area (Å²) in [4.78, 5) is 16.4. The van der Waals surface area contributed by atoms with Crippen molar-refractivity contribution in [3.63, 3.8) is 0 Å². The molecule has 0 amide bonds. The summed E-state index contributed by atoms with van der Waals surface area (Å²) in [5, 5.41) is 0. The van der Waals surface area contributed by atoms with Crippen molar-refractivity contribution in [2.45, 2.75) is 45.4 Å². The first-order valence-corrected chi connectivity index (χ1v) is 7.60. The Balaban J connectivity index is 1.95. The van der Waals surface area contributed by atoms with Gasteiger partial charge in [-0.3, -0.25) is 9.78 Å². The summed E-state index contributed by atoms with van der Waals surface area (Å²) in [5.41, 5.74) is 1.02. The van der Waals surface area contributed by atoms with Gasteiger partial charge < -0.3 is 0 Å². The van der Waals surface area contributed by atoms with Gasteiger partial charge in [0.1, 0.15) is 5.78 Å². The maximum absolute atomic E-state index is 12.3. The lowest BCUT2D eigenvalue weighted by Gasteiger charge is -2.27. The van der Waals surface area contributed by atoms with E-state index in [1.807, 2.05) is 6.07 Å². The van der Waals surface area contributed by atoms with E-state index in [1.54, 1.807) is 12.4 Å². The largest absolute Gasteiger partial charge is 0.299 e. The molecule has 1 aromatic heterocycles. The van der Waals surface area contributed by atoms with Crippen molar-refractivity contribution in [2.75, 3.05) is 0 Å². The Hall–Kier alpha value is -0.700. The molecule has 0 aliphatic heterocycles. The van der Waals surface area contributed by atoms with Crippen LogP contribution in [-0.4, -0.2) is 10.8 Å². The molecule has 1 aliphatic rings. The quantitative estimate of drug-likeness (QED) is 0.835. The van der Waals surface area contributed by atoms with Crippen LogP contribution >= 0.6 is 15.9 Å².